The zero-order chi connectivity index (χ0) is 14.0. The van der Waals surface area contributed by atoms with Crippen molar-refractivity contribution < 1.29 is 28.9 Å². The van der Waals surface area contributed by atoms with E-state index in [0.29, 0.717) is 13.2 Å². The smallest absolute Gasteiger partial charge is 0.407 e. The van der Waals surface area contributed by atoms with Gasteiger partial charge in [0.15, 0.2) is 0 Å². The molecule has 0 saturated heterocycles. The Morgan fingerprint density at radius 2 is 1.72 bits per heavy atom. The summed E-state index contributed by atoms with van der Waals surface area (Å²) in [4.78, 5) is 21.3. The van der Waals surface area contributed by atoms with Crippen molar-refractivity contribution in [3.05, 3.63) is 0 Å². The molecule has 0 aliphatic heterocycles. The number of amides is 1. The minimum absolute atomic E-state index is 0.207. The lowest BCUT2D eigenvalue weighted by molar-refractivity contribution is -0.142. The molecule has 0 fully saturated rings. The summed E-state index contributed by atoms with van der Waals surface area (Å²) < 4.78 is 14.9. The summed E-state index contributed by atoms with van der Waals surface area (Å²) in [6, 6.07) is 0. The van der Waals surface area contributed by atoms with E-state index in [-0.39, 0.29) is 19.8 Å². The van der Waals surface area contributed by atoms with Gasteiger partial charge in [-0.1, -0.05) is 0 Å². The Hall–Kier alpha value is -1.34. The fraction of sp³-hybridized carbons (Fsp3) is 0.818. The molecule has 0 aromatic carbocycles. The maximum Gasteiger partial charge on any atom is 0.407 e. The van der Waals surface area contributed by atoms with Gasteiger partial charge in [-0.25, -0.2) is 9.59 Å². The summed E-state index contributed by atoms with van der Waals surface area (Å²) in [6.45, 7) is 6.14. The van der Waals surface area contributed by atoms with Gasteiger partial charge in [-0.05, 0) is 20.8 Å². The molecule has 7 nitrogen and oxygen atoms in total. The zero-order valence-electron chi connectivity index (χ0n) is 11.0. The number of carboxylic acids is 1. The Labute approximate surface area is 106 Å². The molecule has 7 heteroatoms. The standard InChI is InChI=1S/C11H21NO6/c1-11(2,3)18-10(15)12-4-5-16-6-7-17-8-9(13)14/h4-8H2,1-3H3,(H,12,15)(H,13,14). The van der Waals surface area contributed by atoms with Crippen LogP contribution in [0.5, 0.6) is 0 Å². The molecule has 0 spiro atoms. The predicted octanol–water partition coefficient (Wildman–Crippen LogP) is 0.629. The summed E-state index contributed by atoms with van der Waals surface area (Å²) in [7, 11) is 0. The fourth-order valence-electron chi connectivity index (χ4n) is 0.919. The van der Waals surface area contributed by atoms with Gasteiger partial charge in [-0.2, -0.15) is 0 Å². The highest BCUT2D eigenvalue weighted by Gasteiger charge is 2.15. The lowest BCUT2D eigenvalue weighted by Gasteiger charge is -2.19. The van der Waals surface area contributed by atoms with Gasteiger partial charge in [0.1, 0.15) is 12.2 Å². The second-order valence-electron chi connectivity index (χ2n) is 4.49. The highest BCUT2D eigenvalue weighted by Crippen LogP contribution is 2.05. The van der Waals surface area contributed by atoms with E-state index in [1.165, 1.54) is 0 Å². The van der Waals surface area contributed by atoms with E-state index in [2.05, 4.69) is 5.32 Å². The first-order valence-corrected chi connectivity index (χ1v) is 5.65. The van der Waals surface area contributed by atoms with E-state index < -0.39 is 17.7 Å². The van der Waals surface area contributed by atoms with Crippen LogP contribution in [0.2, 0.25) is 0 Å². The average molecular weight is 263 g/mol. The fourth-order valence-corrected chi connectivity index (χ4v) is 0.919. The number of carbonyl (C=O) groups excluding carboxylic acids is 1. The van der Waals surface area contributed by atoms with Crippen LogP contribution in [0, 0.1) is 0 Å². The van der Waals surface area contributed by atoms with E-state index in [0.717, 1.165) is 0 Å². The Morgan fingerprint density at radius 1 is 1.11 bits per heavy atom. The number of rotatable bonds is 8. The number of ether oxygens (including phenoxy) is 3. The lowest BCUT2D eigenvalue weighted by atomic mass is 10.2. The monoisotopic (exact) mass is 263 g/mol. The van der Waals surface area contributed by atoms with Crippen LogP contribution >= 0.6 is 0 Å². The molecule has 0 aliphatic rings. The van der Waals surface area contributed by atoms with Crippen molar-refractivity contribution >= 4 is 12.1 Å². The minimum atomic E-state index is -1.01. The molecule has 0 saturated carbocycles. The molecule has 2 N–H and O–H groups in total. The first-order valence-electron chi connectivity index (χ1n) is 5.65. The highest BCUT2D eigenvalue weighted by atomic mass is 16.6. The summed E-state index contributed by atoms with van der Waals surface area (Å²) in [5.41, 5.74) is -0.518. The summed E-state index contributed by atoms with van der Waals surface area (Å²) >= 11 is 0. The largest absolute Gasteiger partial charge is 0.480 e. The van der Waals surface area contributed by atoms with Crippen molar-refractivity contribution in [1.29, 1.82) is 0 Å². The molecule has 18 heavy (non-hydrogen) atoms. The molecule has 0 unspecified atom stereocenters. The van der Waals surface area contributed by atoms with Gasteiger partial charge in [0.05, 0.1) is 19.8 Å². The number of carboxylic acid groups (broad SMARTS) is 1. The van der Waals surface area contributed by atoms with Gasteiger partial charge >= 0.3 is 12.1 Å². The summed E-state index contributed by atoms with van der Waals surface area (Å²) in [5, 5.41) is 10.8. The highest BCUT2D eigenvalue weighted by molar-refractivity contribution is 5.68. The predicted molar refractivity (Wildman–Crippen MR) is 63.5 cm³/mol. The van der Waals surface area contributed by atoms with Crippen LogP contribution in [0.4, 0.5) is 4.79 Å². The molecule has 1 amide bonds. The van der Waals surface area contributed by atoms with Crippen molar-refractivity contribution in [2.75, 3.05) is 33.0 Å². The molecular weight excluding hydrogens is 242 g/mol. The minimum Gasteiger partial charge on any atom is -0.480 e. The maximum atomic E-state index is 11.2. The normalized spacial score (nSPS) is 11.1. The molecule has 0 radical (unpaired) electrons. The third-order valence-electron chi connectivity index (χ3n) is 1.51. The van der Waals surface area contributed by atoms with E-state index in [4.69, 9.17) is 19.3 Å². The van der Waals surface area contributed by atoms with Crippen molar-refractivity contribution in [3.8, 4) is 0 Å². The molecule has 0 aromatic heterocycles. The maximum absolute atomic E-state index is 11.2. The van der Waals surface area contributed by atoms with E-state index in [9.17, 15) is 9.59 Å². The molecule has 0 aliphatic carbocycles. The SMILES string of the molecule is CC(C)(C)OC(=O)NCCOCCOCC(=O)O. The lowest BCUT2D eigenvalue weighted by Crippen LogP contribution is -2.34. The number of nitrogens with one attached hydrogen (secondary N) is 1. The number of alkyl carbamates (subject to hydrolysis) is 1. The van der Waals surface area contributed by atoms with Crippen LogP contribution in [0.1, 0.15) is 20.8 Å². The van der Waals surface area contributed by atoms with Crippen LogP contribution in [0.15, 0.2) is 0 Å². The Kier molecular flexibility index (Phi) is 8.06. The second kappa shape index (κ2) is 8.71. The third-order valence-corrected chi connectivity index (χ3v) is 1.51. The van der Waals surface area contributed by atoms with Crippen molar-refractivity contribution in [2.24, 2.45) is 0 Å². The van der Waals surface area contributed by atoms with Crippen molar-refractivity contribution in [1.82, 2.24) is 5.32 Å². The molecule has 0 heterocycles. The van der Waals surface area contributed by atoms with Gasteiger partial charge in [0.25, 0.3) is 0 Å². The van der Waals surface area contributed by atoms with Gasteiger partial charge in [-0.3, -0.25) is 0 Å². The molecule has 106 valence electrons. The molecule has 0 atom stereocenters. The quantitative estimate of drug-likeness (QED) is 0.624. The van der Waals surface area contributed by atoms with Gasteiger partial charge in [0, 0.05) is 6.54 Å². The second-order valence-corrected chi connectivity index (χ2v) is 4.49. The van der Waals surface area contributed by atoms with Crippen LogP contribution in [0.3, 0.4) is 0 Å². The number of aliphatic carboxylic acids is 1. The van der Waals surface area contributed by atoms with E-state index >= 15 is 0 Å². The summed E-state index contributed by atoms with van der Waals surface area (Å²) in [5.74, 6) is -1.01. The molecule has 0 bridgehead atoms. The van der Waals surface area contributed by atoms with Crippen LogP contribution in [-0.2, 0) is 19.0 Å². The zero-order valence-corrected chi connectivity index (χ0v) is 11.0. The topological polar surface area (TPSA) is 94.1 Å². The molecule has 0 rings (SSSR count). The number of carbonyl (C=O) groups is 2. The summed E-state index contributed by atoms with van der Waals surface area (Å²) in [6.07, 6.45) is -0.492. The Balaban J connectivity index is 3.30. The molecule has 0 aromatic rings. The van der Waals surface area contributed by atoms with Crippen LogP contribution in [0.25, 0.3) is 0 Å². The van der Waals surface area contributed by atoms with Gasteiger partial charge in [-0.15, -0.1) is 0 Å². The average Bonchev–Trinajstić information content (AvgIpc) is 2.18. The molecular formula is C11H21NO6. The van der Waals surface area contributed by atoms with Crippen LogP contribution < -0.4 is 5.32 Å². The number of hydrogen-bond donors (Lipinski definition) is 2. The van der Waals surface area contributed by atoms with Crippen molar-refractivity contribution in [3.63, 3.8) is 0 Å². The van der Waals surface area contributed by atoms with E-state index in [1.54, 1.807) is 20.8 Å². The Bertz CT molecular complexity index is 261. The van der Waals surface area contributed by atoms with Crippen molar-refractivity contribution in [2.45, 2.75) is 26.4 Å². The number of hydrogen-bond acceptors (Lipinski definition) is 5. The van der Waals surface area contributed by atoms with Crippen LogP contribution in [-0.4, -0.2) is 55.7 Å². The first kappa shape index (κ1) is 16.7. The van der Waals surface area contributed by atoms with E-state index in [1.807, 2.05) is 0 Å². The third kappa shape index (κ3) is 12.7. The first-order chi connectivity index (χ1) is 8.31. The van der Waals surface area contributed by atoms with Gasteiger partial charge < -0.3 is 24.6 Å². The van der Waals surface area contributed by atoms with Gasteiger partial charge in [0.2, 0.25) is 0 Å². The Morgan fingerprint density at radius 3 is 2.28 bits per heavy atom.